The predicted octanol–water partition coefficient (Wildman–Crippen LogP) is 1.92. The van der Waals surface area contributed by atoms with Crippen LogP contribution in [0.5, 0.6) is 0 Å². The van der Waals surface area contributed by atoms with Crippen molar-refractivity contribution in [3.8, 4) is 0 Å². The van der Waals surface area contributed by atoms with Crippen LogP contribution in [0.15, 0.2) is 12.2 Å². The maximum atomic E-state index is 5.28. The minimum Gasteiger partial charge on any atom is -0.379 e. The van der Waals surface area contributed by atoms with Crippen LogP contribution in [0.25, 0.3) is 0 Å². The molecule has 1 aliphatic rings. The Bertz CT molecular complexity index is 163. The van der Waals surface area contributed by atoms with E-state index in [1.165, 1.54) is 0 Å². The van der Waals surface area contributed by atoms with Crippen LogP contribution >= 0.6 is 0 Å². The molecule has 0 amide bonds. The fourth-order valence-corrected chi connectivity index (χ4v) is 1.34. The number of allylic oxidation sites excluding steroid dienone is 1. The van der Waals surface area contributed by atoms with Gasteiger partial charge < -0.3 is 4.74 Å². The fraction of sp³-hybridized carbons (Fsp3) is 0.818. The van der Waals surface area contributed by atoms with Crippen LogP contribution in [0.1, 0.15) is 20.8 Å². The van der Waals surface area contributed by atoms with E-state index < -0.39 is 0 Å². The summed E-state index contributed by atoms with van der Waals surface area (Å²) in [6.45, 7) is 11.7. The lowest BCUT2D eigenvalue weighted by atomic mass is 9.96. The molecule has 0 aromatic carbocycles. The van der Waals surface area contributed by atoms with Crippen molar-refractivity contribution in [3.63, 3.8) is 0 Å². The second kappa shape index (κ2) is 4.77. The molecule has 0 saturated carbocycles. The third-order valence-electron chi connectivity index (χ3n) is 2.09. The van der Waals surface area contributed by atoms with Crippen LogP contribution in [-0.2, 0) is 4.74 Å². The topological polar surface area (TPSA) is 12.5 Å². The molecule has 0 aromatic rings. The van der Waals surface area contributed by atoms with E-state index in [4.69, 9.17) is 4.74 Å². The number of ether oxygens (including phenoxy) is 1. The number of rotatable bonds is 2. The van der Waals surface area contributed by atoms with Crippen molar-refractivity contribution in [2.75, 3.05) is 32.8 Å². The summed E-state index contributed by atoms with van der Waals surface area (Å²) in [4.78, 5) is 2.42. The van der Waals surface area contributed by atoms with Crippen molar-refractivity contribution in [3.05, 3.63) is 12.2 Å². The van der Waals surface area contributed by atoms with E-state index in [0.29, 0.717) is 5.41 Å². The monoisotopic (exact) mass is 183 g/mol. The Labute approximate surface area is 81.6 Å². The van der Waals surface area contributed by atoms with Gasteiger partial charge in [-0.25, -0.2) is 0 Å². The van der Waals surface area contributed by atoms with Gasteiger partial charge in [0.15, 0.2) is 0 Å². The van der Waals surface area contributed by atoms with E-state index in [0.717, 1.165) is 32.8 Å². The van der Waals surface area contributed by atoms with Gasteiger partial charge in [-0.05, 0) is 5.41 Å². The molecule has 0 aromatic heterocycles. The molecule has 1 aliphatic heterocycles. The maximum Gasteiger partial charge on any atom is 0.0594 e. The van der Waals surface area contributed by atoms with Crippen molar-refractivity contribution in [1.29, 1.82) is 0 Å². The molecular formula is C11H21NO. The molecule has 1 rings (SSSR count). The zero-order valence-electron chi connectivity index (χ0n) is 9.05. The molecule has 0 aliphatic carbocycles. The normalized spacial score (nSPS) is 21.2. The zero-order valence-corrected chi connectivity index (χ0v) is 9.05. The van der Waals surface area contributed by atoms with Gasteiger partial charge in [0.25, 0.3) is 0 Å². The molecule has 2 heteroatoms. The zero-order chi connectivity index (χ0) is 9.73. The van der Waals surface area contributed by atoms with Gasteiger partial charge in [-0.1, -0.05) is 32.9 Å². The van der Waals surface area contributed by atoms with Crippen molar-refractivity contribution < 1.29 is 4.74 Å². The third-order valence-corrected chi connectivity index (χ3v) is 2.09. The minimum atomic E-state index is 0.312. The summed E-state index contributed by atoms with van der Waals surface area (Å²) in [6.07, 6.45) is 4.55. The lowest BCUT2D eigenvalue weighted by Gasteiger charge is -2.25. The van der Waals surface area contributed by atoms with E-state index in [9.17, 15) is 0 Å². The average molecular weight is 183 g/mol. The highest BCUT2D eigenvalue weighted by Crippen LogP contribution is 2.14. The van der Waals surface area contributed by atoms with Gasteiger partial charge in [-0.2, -0.15) is 0 Å². The Morgan fingerprint density at radius 1 is 1.23 bits per heavy atom. The molecule has 0 bridgehead atoms. The molecule has 1 fully saturated rings. The molecule has 76 valence electrons. The van der Waals surface area contributed by atoms with Gasteiger partial charge in [0.05, 0.1) is 13.2 Å². The highest BCUT2D eigenvalue weighted by molar-refractivity contribution is 4.94. The lowest BCUT2D eigenvalue weighted by Crippen LogP contribution is -2.36. The van der Waals surface area contributed by atoms with Crippen molar-refractivity contribution in [2.24, 2.45) is 5.41 Å². The van der Waals surface area contributed by atoms with E-state index in [1.54, 1.807) is 0 Å². The summed E-state index contributed by atoms with van der Waals surface area (Å²) in [6, 6.07) is 0. The van der Waals surface area contributed by atoms with E-state index in [1.807, 2.05) is 0 Å². The van der Waals surface area contributed by atoms with Crippen molar-refractivity contribution in [2.45, 2.75) is 20.8 Å². The number of nitrogens with zero attached hydrogens (tertiary/aromatic N) is 1. The fourth-order valence-electron chi connectivity index (χ4n) is 1.34. The highest BCUT2D eigenvalue weighted by Gasteiger charge is 2.08. The third kappa shape index (κ3) is 5.06. The Balaban J connectivity index is 2.21. The van der Waals surface area contributed by atoms with Gasteiger partial charge in [-0.3, -0.25) is 4.90 Å². The SMILES string of the molecule is CC(C)(C)/C=C/CN1CCOCC1. The molecule has 1 saturated heterocycles. The van der Waals surface area contributed by atoms with Crippen molar-refractivity contribution in [1.82, 2.24) is 4.90 Å². The average Bonchev–Trinajstić information content (AvgIpc) is 2.04. The molecule has 2 nitrogen and oxygen atoms in total. The Morgan fingerprint density at radius 2 is 1.85 bits per heavy atom. The summed E-state index contributed by atoms with van der Waals surface area (Å²) < 4.78 is 5.28. The first-order valence-electron chi connectivity index (χ1n) is 5.06. The molecular weight excluding hydrogens is 162 g/mol. The first-order chi connectivity index (χ1) is 6.08. The van der Waals surface area contributed by atoms with Crippen LogP contribution in [0, 0.1) is 5.41 Å². The first-order valence-corrected chi connectivity index (χ1v) is 5.06. The van der Waals surface area contributed by atoms with Crippen LogP contribution in [0.2, 0.25) is 0 Å². The molecule has 0 unspecified atom stereocenters. The highest BCUT2D eigenvalue weighted by atomic mass is 16.5. The lowest BCUT2D eigenvalue weighted by molar-refractivity contribution is 0.0433. The molecule has 0 atom stereocenters. The molecule has 0 spiro atoms. The molecule has 0 radical (unpaired) electrons. The number of hydrogen-bond acceptors (Lipinski definition) is 2. The quantitative estimate of drug-likeness (QED) is 0.606. The Kier molecular flexibility index (Phi) is 3.94. The van der Waals surface area contributed by atoms with E-state index >= 15 is 0 Å². The standard InChI is InChI=1S/C11H21NO/c1-11(2,3)5-4-6-12-7-9-13-10-8-12/h4-5H,6-10H2,1-3H3/b5-4+. The van der Waals surface area contributed by atoms with Gasteiger partial charge in [0.1, 0.15) is 0 Å². The minimum absolute atomic E-state index is 0.312. The van der Waals surface area contributed by atoms with Crippen LogP contribution in [0.3, 0.4) is 0 Å². The van der Waals surface area contributed by atoms with E-state index in [-0.39, 0.29) is 0 Å². The molecule has 0 N–H and O–H groups in total. The van der Waals surface area contributed by atoms with Gasteiger partial charge in [0, 0.05) is 19.6 Å². The predicted molar refractivity (Wildman–Crippen MR) is 55.9 cm³/mol. The number of morpholine rings is 1. The van der Waals surface area contributed by atoms with E-state index in [2.05, 4.69) is 37.8 Å². The Morgan fingerprint density at radius 3 is 2.38 bits per heavy atom. The summed E-state index contributed by atoms with van der Waals surface area (Å²) in [5, 5.41) is 0. The summed E-state index contributed by atoms with van der Waals surface area (Å²) in [7, 11) is 0. The second-order valence-corrected chi connectivity index (χ2v) is 4.68. The van der Waals surface area contributed by atoms with Crippen molar-refractivity contribution >= 4 is 0 Å². The summed E-state index contributed by atoms with van der Waals surface area (Å²) >= 11 is 0. The van der Waals surface area contributed by atoms with Crippen LogP contribution in [-0.4, -0.2) is 37.7 Å². The summed E-state index contributed by atoms with van der Waals surface area (Å²) in [5.74, 6) is 0. The van der Waals surface area contributed by atoms with Gasteiger partial charge >= 0.3 is 0 Å². The molecule has 13 heavy (non-hydrogen) atoms. The first kappa shape index (κ1) is 10.7. The number of hydrogen-bond donors (Lipinski definition) is 0. The van der Waals surface area contributed by atoms with Crippen LogP contribution in [0.4, 0.5) is 0 Å². The molecule has 1 heterocycles. The van der Waals surface area contributed by atoms with Gasteiger partial charge in [0.2, 0.25) is 0 Å². The summed E-state index contributed by atoms with van der Waals surface area (Å²) in [5.41, 5.74) is 0.312. The smallest absolute Gasteiger partial charge is 0.0594 e. The van der Waals surface area contributed by atoms with Crippen LogP contribution < -0.4 is 0 Å². The largest absolute Gasteiger partial charge is 0.379 e. The second-order valence-electron chi connectivity index (χ2n) is 4.68. The van der Waals surface area contributed by atoms with Gasteiger partial charge in [-0.15, -0.1) is 0 Å². The Hall–Kier alpha value is -0.340. The maximum absolute atomic E-state index is 5.28.